The van der Waals surface area contributed by atoms with E-state index in [1.807, 2.05) is 0 Å². The molecular weight excluding hydrogens is 214 g/mol. The summed E-state index contributed by atoms with van der Waals surface area (Å²) in [4.78, 5) is 0. The van der Waals surface area contributed by atoms with Crippen molar-refractivity contribution in [3.05, 3.63) is 0 Å². The Morgan fingerprint density at radius 2 is 2.06 bits per heavy atom. The van der Waals surface area contributed by atoms with Gasteiger partial charge in [-0.05, 0) is 44.6 Å². The molecule has 102 valence electrons. The van der Waals surface area contributed by atoms with Crippen molar-refractivity contribution < 1.29 is 9.47 Å². The summed E-state index contributed by atoms with van der Waals surface area (Å²) in [6, 6.07) is 0.673. The summed E-state index contributed by atoms with van der Waals surface area (Å²) >= 11 is 0. The molecule has 1 N–H and O–H groups in total. The van der Waals surface area contributed by atoms with Crippen molar-refractivity contribution in [3.8, 4) is 0 Å². The van der Waals surface area contributed by atoms with Crippen LogP contribution < -0.4 is 5.32 Å². The summed E-state index contributed by atoms with van der Waals surface area (Å²) in [7, 11) is 0. The van der Waals surface area contributed by atoms with Gasteiger partial charge in [0.1, 0.15) is 0 Å². The van der Waals surface area contributed by atoms with Gasteiger partial charge in [-0.15, -0.1) is 0 Å². The van der Waals surface area contributed by atoms with Crippen LogP contribution in [0.2, 0.25) is 0 Å². The zero-order valence-electron chi connectivity index (χ0n) is 11.5. The van der Waals surface area contributed by atoms with Crippen molar-refractivity contribution in [2.24, 2.45) is 5.92 Å². The van der Waals surface area contributed by atoms with E-state index in [-0.39, 0.29) is 0 Å². The first-order valence-corrected chi connectivity index (χ1v) is 7.25. The summed E-state index contributed by atoms with van der Waals surface area (Å²) in [6.07, 6.45) is 5.98. The van der Waals surface area contributed by atoms with Crippen molar-refractivity contribution in [2.75, 3.05) is 33.0 Å². The molecule has 3 nitrogen and oxygen atoms in total. The molecule has 1 rings (SSSR count). The summed E-state index contributed by atoms with van der Waals surface area (Å²) in [5.74, 6) is 0.736. The summed E-state index contributed by atoms with van der Waals surface area (Å²) < 4.78 is 11.1. The molecule has 1 fully saturated rings. The van der Waals surface area contributed by atoms with E-state index in [2.05, 4.69) is 19.2 Å². The second-order valence-electron chi connectivity index (χ2n) is 4.94. The van der Waals surface area contributed by atoms with Gasteiger partial charge in [0.15, 0.2) is 0 Å². The lowest BCUT2D eigenvalue weighted by Gasteiger charge is -2.22. The highest BCUT2D eigenvalue weighted by molar-refractivity contribution is 4.64. The minimum absolute atomic E-state index is 0.673. The Kier molecular flexibility index (Phi) is 8.67. The lowest BCUT2D eigenvalue weighted by Crippen LogP contribution is -2.28. The van der Waals surface area contributed by atoms with Gasteiger partial charge in [-0.25, -0.2) is 0 Å². The van der Waals surface area contributed by atoms with E-state index < -0.39 is 0 Å². The molecule has 0 radical (unpaired) electrons. The van der Waals surface area contributed by atoms with E-state index in [1.165, 1.54) is 32.1 Å². The molecule has 1 aliphatic rings. The van der Waals surface area contributed by atoms with E-state index in [0.717, 1.165) is 38.9 Å². The van der Waals surface area contributed by atoms with Crippen LogP contribution in [-0.4, -0.2) is 39.0 Å². The van der Waals surface area contributed by atoms with Gasteiger partial charge in [-0.2, -0.15) is 0 Å². The van der Waals surface area contributed by atoms with Crippen LogP contribution in [0.5, 0.6) is 0 Å². The Balaban J connectivity index is 1.92. The number of hydrogen-bond acceptors (Lipinski definition) is 3. The molecular formula is C14H29NO2. The van der Waals surface area contributed by atoms with Gasteiger partial charge in [0.25, 0.3) is 0 Å². The van der Waals surface area contributed by atoms with Crippen LogP contribution in [0, 0.1) is 5.92 Å². The second-order valence-corrected chi connectivity index (χ2v) is 4.94. The van der Waals surface area contributed by atoms with Crippen LogP contribution in [0.25, 0.3) is 0 Å². The molecule has 0 aromatic carbocycles. The molecule has 1 heterocycles. The molecule has 0 spiro atoms. The molecule has 0 bridgehead atoms. The number of ether oxygens (including phenoxy) is 2. The van der Waals surface area contributed by atoms with Gasteiger partial charge < -0.3 is 14.8 Å². The third kappa shape index (κ3) is 7.02. The maximum Gasteiger partial charge on any atom is 0.0495 e. The fourth-order valence-electron chi connectivity index (χ4n) is 2.33. The van der Waals surface area contributed by atoms with Gasteiger partial charge in [0, 0.05) is 32.5 Å². The molecule has 17 heavy (non-hydrogen) atoms. The molecule has 0 amide bonds. The minimum Gasteiger partial charge on any atom is -0.381 e. The maximum atomic E-state index is 5.76. The fourth-order valence-corrected chi connectivity index (χ4v) is 2.33. The molecule has 0 aromatic rings. The quantitative estimate of drug-likeness (QED) is 0.631. The van der Waals surface area contributed by atoms with Gasteiger partial charge >= 0.3 is 0 Å². The predicted molar refractivity (Wildman–Crippen MR) is 71.4 cm³/mol. The van der Waals surface area contributed by atoms with Crippen molar-refractivity contribution in [1.82, 2.24) is 5.32 Å². The van der Waals surface area contributed by atoms with Gasteiger partial charge in [-0.1, -0.05) is 13.8 Å². The molecule has 0 aliphatic carbocycles. The Morgan fingerprint density at radius 1 is 1.29 bits per heavy atom. The summed E-state index contributed by atoms with van der Waals surface area (Å²) in [6.45, 7) is 9.18. The maximum absolute atomic E-state index is 5.76. The van der Waals surface area contributed by atoms with Crippen LogP contribution >= 0.6 is 0 Å². The molecule has 1 saturated heterocycles. The molecule has 3 heteroatoms. The largest absolute Gasteiger partial charge is 0.381 e. The number of rotatable bonds is 9. The van der Waals surface area contributed by atoms with Gasteiger partial charge in [0.2, 0.25) is 0 Å². The topological polar surface area (TPSA) is 30.5 Å². The average molecular weight is 243 g/mol. The van der Waals surface area contributed by atoms with Gasteiger partial charge in [-0.3, -0.25) is 0 Å². The van der Waals surface area contributed by atoms with Crippen LogP contribution in [0.3, 0.4) is 0 Å². The molecule has 1 unspecified atom stereocenters. The summed E-state index contributed by atoms with van der Waals surface area (Å²) in [5, 5.41) is 3.50. The van der Waals surface area contributed by atoms with Crippen LogP contribution in [0.1, 0.15) is 46.0 Å². The first-order valence-electron chi connectivity index (χ1n) is 7.25. The number of nitrogens with one attached hydrogen (secondary N) is 1. The first kappa shape index (κ1) is 14.9. The first-order chi connectivity index (χ1) is 8.36. The van der Waals surface area contributed by atoms with Gasteiger partial charge in [0.05, 0.1) is 0 Å². The minimum atomic E-state index is 0.673. The monoisotopic (exact) mass is 243 g/mol. The molecule has 0 aromatic heterocycles. The Hall–Kier alpha value is -0.120. The lowest BCUT2D eigenvalue weighted by atomic mass is 10.0. The van der Waals surface area contributed by atoms with Crippen LogP contribution in [0.4, 0.5) is 0 Å². The van der Waals surface area contributed by atoms with E-state index in [4.69, 9.17) is 9.47 Å². The highest BCUT2D eigenvalue weighted by Crippen LogP contribution is 2.14. The zero-order valence-corrected chi connectivity index (χ0v) is 11.5. The highest BCUT2D eigenvalue weighted by atomic mass is 16.5. The predicted octanol–water partition coefficient (Wildman–Crippen LogP) is 2.60. The van der Waals surface area contributed by atoms with Crippen LogP contribution in [0.15, 0.2) is 0 Å². The standard InChI is InChI=1S/C14H29NO2/c1-3-14(15-4-2)6-5-9-17-12-13-7-10-16-11-8-13/h13-15H,3-12H2,1-2H3. The van der Waals surface area contributed by atoms with Crippen molar-refractivity contribution in [1.29, 1.82) is 0 Å². The summed E-state index contributed by atoms with van der Waals surface area (Å²) in [5.41, 5.74) is 0. The Morgan fingerprint density at radius 3 is 2.71 bits per heavy atom. The average Bonchev–Trinajstić information content (AvgIpc) is 2.38. The third-order valence-corrected chi connectivity index (χ3v) is 3.52. The highest BCUT2D eigenvalue weighted by Gasteiger charge is 2.13. The number of hydrogen-bond donors (Lipinski definition) is 1. The molecule has 0 saturated carbocycles. The molecule has 1 aliphatic heterocycles. The fraction of sp³-hybridized carbons (Fsp3) is 1.00. The van der Waals surface area contributed by atoms with E-state index >= 15 is 0 Å². The smallest absolute Gasteiger partial charge is 0.0495 e. The van der Waals surface area contributed by atoms with Crippen LogP contribution in [-0.2, 0) is 9.47 Å². The zero-order chi connectivity index (χ0) is 12.3. The van der Waals surface area contributed by atoms with E-state index in [0.29, 0.717) is 6.04 Å². The molecule has 1 atom stereocenters. The SMILES string of the molecule is CCNC(CC)CCCOCC1CCOCC1. The normalized spacial score (nSPS) is 19.4. The third-order valence-electron chi connectivity index (χ3n) is 3.52. The Bertz CT molecular complexity index is 163. The Labute approximate surface area is 106 Å². The second kappa shape index (κ2) is 9.86. The van der Waals surface area contributed by atoms with Crippen molar-refractivity contribution in [2.45, 2.75) is 52.0 Å². The lowest BCUT2D eigenvalue weighted by molar-refractivity contribution is 0.0195. The van der Waals surface area contributed by atoms with Crippen molar-refractivity contribution >= 4 is 0 Å². The van der Waals surface area contributed by atoms with E-state index in [1.54, 1.807) is 0 Å². The van der Waals surface area contributed by atoms with Crippen molar-refractivity contribution in [3.63, 3.8) is 0 Å². The van der Waals surface area contributed by atoms with E-state index in [9.17, 15) is 0 Å².